The molecule has 0 radical (unpaired) electrons. The summed E-state index contributed by atoms with van der Waals surface area (Å²) in [7, 11) is 0. The zero-order chi connectivity index (χ0) is 29.1. The van der Waals surface area contributed by atoms with E-state index in [9.17, 15) is 4.79 Å². The van der Waals surface area contributed by atoms with E-state index in [1.807, 2.05) is 60.7 Å². The Hall–Kier alpha value is -3.85. The fourth-order valence-corrected chi connectivity index (χ4v) is 4.54. The molecular formula is C37H42O3. The summed E-state index contributed by atoms with van der Waals surface area (Å²) in [5, 5.41) is 0. The number of hydrogen-bond acceptors (Lipinski definition) is 3. The van der Waals surface area contributed by atoms with Gasteiger partial charge in [-0.15, -0.1) is 0 Å². The second-order valence-corrected chi connectivity index (χ2v) is 12.7. The molecular weight excluding hydrogens is 492 g/mol. The van der Waals surface area contributed by atoms with Crippen LogP contribution in [0.3, 0.4) is 0 Å². The molecule has 3 nitrogen and oxygen atoms in total. The van der Waals surface area contributed by atoms with Crippen LogP contribution in [0.5, 0.6) is 17.2 Å². The summed E-state index contributed by atoms with van der Waals surface area (Å²) < 4.78 is 12.2. The number of rotatable bonds is 9. The second kappa shape index (κ2) is 11.3. The first kappa shape index (κ1) is 29.1. The smallest absolute Gasteiger partial charge is 0.193 e. The molecule has 0 unspecified atom stereocenters. The van der Waals surface area contributed by atoms with E-state index in [1.54, 1.807) is 0 Å². The standard InChI is InChI=1S/C37H42O3/c1-9-36(5,6)40-33-24-18-30(19-25-33)37(7,8)29-16-22-32(23-17-29)39-31-20-12-27(13-21-31)34(38)26-10-14-28(15-11-26)35(2,3)4/h10-25H,9H2,1-8H3. The Balaban J connectivity index is 1.41. The fourth-order valence-electron chi connectivity index (χ4n) is 4.54. The molecule has 40 heavy (non-hydrogen) atoms. The van der Waals surface area contributed by atoms with Crippen LogP contribution in [-0.4, -0.2) is 11.4 Å². The van der Waals surface area contributed by atoms with Crippen LogP contribution in [0.2, 0.25) is 0 Å². The lowest BCUT2D eigenvalue weighted by Gasteiger charge is -2.28. The van der Waals surface area contributed by atoms with Gasteiger partial charge in [-0.05, 0) is 90.9 Å². The van der Waals surface area contributed by atoms with Crippen molar-refractivity contribution in [2.24, 2.45) is 0 Å². The Morgan fingerprint density at radius 2 is 0.925 bits per heavy atom. The quantitative estimate of drug-likeness (QED) is 0.200. The molecule has 0 aliphatic heterocycles. The number of ether oxygens (including phenoxy) is 2. The van der Waals surface area contributed by atoms with Crippen molar-refractivity contribution >= 4 is 5.78 Å². The number of hydrogen-bond donors (Lipinski definition) is 0. The molecule has 4 aromatic rings. The average molecular weight is 535 g/mol. The Morgan fingerprint density at radius 1 is 0.550 bits per heavy atom. The van der Waals surface area contributed by atoms with Gasteiger partial charge in [0.25, 0.3) is 0 Å². The van der Waals surface area contributed by atoms with Crippen molar-refractivity contribution in [2.45, 2.75) is 78.2 Å². The van der Waals surface area contributed by atoms with Crippen molar-refractivity contribution in [2.75, 3.05) is 0 Å². The van der Waals surface area contributed by atoms with E-state index in [-0.39, 0.29) is 22.2 Å². The van der Waals surface area contributed by atoms with E-state index in [2.05, 4.69) is 91.8 Å². The SMILES string of the molecule is CCC(C)(C)Oc1ccc(C(C)(C)c2ccc(Oc3ccc(C(=O)c4ccc(C(C)(C)C)cc4)cc3)cc2)cc1. The van der Waals surface area contributed by atoms with Gasteiger partial charge in [0, 0.05) is 16.5 Å². The fraction of sp³-hybridized carbons (Fsp3) is 0.324. The van der Waals surface area contributed by atoms with Crippen molar-refractivity contribution in [3.05, 3.63) is 125 Å². The van der Waals surface area contributed by atoms with Gasteiger partial charge in [-0.3, -0.25) is 4.79 Å². The van der Waals surface area contributed by atoms with Gasteiger partial charge >= 0.3 is 0 Å². The van der Waals surface area contributed by atoms with Gasteiger partial charge in [0.2, 0.25) is 0 Å². The highest BCUT2D eigenvalue weighted by atomic mass is 16.5. The van der Waals surface area contributed by atoms with Crippen molar-refractivity contribution in [3.8, 4) is 17.2 Å². The van der Waals surface area contributed by atoms with Crippen LogP contribution in [0.25, 0.3) is 0 Å². The molecule has 4 aromatic carbocycles. The number of carbonyl (C=O) groups excluding carboxylic acids is 1. The molecule has 208 valence electrons. The lowest BCUT2D eigenvalue weighted by molar-refractivity contribution is 0.103. The van der Waals surface area contributed by atoms with E-state index < -0.39 is 0 Å². The third-order valence-electron chi connectivity index (χ3n) is 7.76. The van der Waals surface area contributed by atoms with Crippen LogP contribution in [0, 0.1) is 0 Å². The van der Waals surface area contributed by atoms with Crippen LogP contribution < -0.4 is 9.47 Å². The van der Waals surface area contributed by atoms with Crippen LogP contribution in [0.4, 0.5) is 0 Å². The highest BCUT2D eigenvalue weighted by Gasteiger charge is 2.24. The zero-order valence-electron chi connectivity index (χ0n) is 25.2. The molecule has 4 rings (SSSR count). The molecule has 0 saturated carbocycles. The average Bonchev–Trinajstić information content (AvgIpc) is 2.93. The summed E-state index contributed by atoms with van der Waals surface area (Å²) in [6.07, 6.45) is 0.948. The summed E-state index contributed by atoms with van der Waals surface area (Å²) in [6.45, 7) is 17.3. The minimum atomic E-state index is -0.179. The maximum atomic E-state index is 13.0. The predicted molar refractivity (Wildman–Crippen MR) is 165 cm³/mol. The summed E-state index contributed by atoms with van der Waals surface area (Å²) in [4.78, 5) is 13.0. The maximum absolute atomic E-state index is 13.0. The summed E-state index contributed by atoms with van der Waals surface area (Å²) in [6, 6.07) is 31.8. The topological polar surface area (TPSA) is 35.5 Å². The van der Waals surface area contributed by atoms with E-state index in [4.69, 9.17) is 9.47 Å². The first-order chi connectivity index (χ1) is 18.8. The monoisotopic (exact) mass is 534 g/mol. The van der Waals surface area contributed by atoms with Crippen molar-refractivity contribution in [1.29, 1.82) is 0 Å². The molecule has 0 aliphatic rings. The largest absolute Gasteiger partial charge is 0.488 e. The zero-order valence-corrected chi connectivity index (χ0v) is 25.2. The molecule has 0 heterocycles. The van der Waals surface area contributed by atoms with Gasteiger partial charge in [0.05, 0.1) is 0 Å². The molecule has 0 aliphatic carbocycles. The number of ketones is 1. The summed E-state index contributed by atoms with van der Waals surface area (Å²) in [5.74, 6) is 2.34. The molecule has 0 fully saturated rings. The van der Waals surface area contributed by atoms with E-state index >= 15 is 0 Å². The molecule has 3 heteroatoms. The normalized spacial score (nSPS) is 12.2. The van der Waals surface area contributed by atoms with Gasteiger partial charge < -0.3 is 9.47 Å². The Morgan fingerprint density at radius 3 is 1.35 bits per heavy atom. The Bertz CT molecular complexity index is 1420. The Labute approximate surface area is 240 Å². The minimum Gasteiger partial charge on any atom is -0.488 e. The number of benzene rings is 4. The Kier molecular flexibility index (Phi) is 8.25. The van der Waals surface area contributed by atoms with Crippen LogP contribution in [-0.2, 0) is 10.8 Å². The van der Waals surface area contributed by atoms with E-state index in [0.717, 1.165) is 17.9 Å². The highest BCUT2D eigenvalue weighted by Crippen LogP contribution is 2.35. The van der Waals surface area contributed by atoms with Crippen molar-refractivity contribution in [3.63, 3.8) is 0 Å². The van der Waals surface area contributed by atoms with Gasteiger partial charge in [-0.2, -0.15) is 0 Å². The lowest BCUT2D eigenvalue weighted by atomic mass is 9.78. The van der Waals surface area contributed by atoms with Gasteiger partial charge in [0.1, 0.15) is 22.8 Å². The van der Waals surface area contributed by atoms with Crippen LogP contribution in [0.15, 0.2) is 97.1 Å². The summed E-state index contributed by atoms with van der Waals surface area (Å²) in [5.41, 5.74) is 4.65. The maximum Gasteiger partial charge on any atom is 0.193 e. The molecule has 0 spiro atoms. The van der Waals surface area contributed by atoms with Crippen LogP contribution in [0.1, 0.15) is 94.4 Å². The summed E-state index contributed by atoms with van der Waals surface area (Å²) >= 11 is 0. The van der Waals surface area contributed by atoms with E-state index in [0.29, 0.717) is 16.9 Å². The number of carbonyl (C=O) groups is 1. The lowest BCUT2D eigenvalue weighted by Crippen LogP contribution is -2.26. The van der Waals surface area contributed by atoms with Crippen molar-refractivity contribution in [1.82, 2.24) is 0 Å². The van der Waals surface area contributed by atoms with Gasteiger partial charge in [-0.1, -0.05) is 90.1 Å². The molecule has 0 aromatic heterocycles. The molecule has 0 N–H and O–H groups in total. The first-order valence-corrected chi connectivity index (χ1v) is 14.1. The van der Waals surface area contributed by atoms with Crippen molar-refractivity contribution < 1.29 is 14.3 Å². The molecule has 0 saturated heterocycles. The first-order valence-electron chi connectivity index (χ1n) is 14.1. The van der Waals surface area contributed by atoms with Crippen LogP contribution >= 0.6 is 0 Å². The van der Waals surface area contributed by atoms with E-state index in [1.165, 1.54) is 16.7 Å². The van der Waals surface area contributed by atoms with Gasteiger partial charge in [-0.25, -0.2) is 0 Å². The molecule has 0 amide bonds. The van der Waals surface area contributed by atoms with Gasteiger partial charge in [0.15, 0.2) is 5.78 Å². The predicted octanol–water partition coefficient (Wildman–Crippen LogP) is 9.90. The molecule has 0 bridgehead atoms. The second-order valence-electron chi connectivity index (χ2n) is 12.7. The highest BCUT2D eigenvalue weighted by molar-refractivity contribution is 6.09. The third kappa shape index (κ3) is 6.83. The molecule has 0 atom stereocenters. The third-order valence-corrected chi connectivity index (χ3v) is 7.76. The minimum absolute atomic E-state index is 0.00673.